The fourth-order valence-corrected chi connectivity index (χ4v) is 2.50. The number of hydrogen-bond donors (Lipinski definition) is 7. The Morgan fingerprint density at radius 3 is 1.44 bits per heavy atom. The van der Waals surface area contributed by atoms with Gasteiger partial charge in [0.15, 0.2) is 0 Å². The van der Waals surface area contributed by atoms with Gasteiger partial charge in [-0.3, -0.25) is 4.55 Å². The number of aliphatic hydroxyl groups is 2. The molecule has 0 amide bonds. The Morgan fingerprint density at radius 1 is 1.00 bits per heavy atom. The van der Waals surface area contributed by atoms with Gasteiger partial charge in [0.05, 0.1) is 18.0 Å². The molecule has 0 saturated carbocycles. The summed E-state index contributed by atoms with van der Waals surface area (Å²) in [6, 6.07) is 0. The first-order chi connectivity index (χ1) is 7.67. The third kappa shape index (κ3) is 18.2. The quantitative estimate of drug-likeness (QED) is 0.153. The van der Waals surface area contributed by atoms with E-state index in [4.69, 9.17) is 14.8 Å². The molecule has 0 aromatic carbocycles. The molecule has 0 rings (SSSR count). The maximum absolute atomic E-state index is 10.1. The summed E-state index contributed by atoms with van der Waals surface area (Å²) in [5.74, 6) is 0.561. The van der Waals surface area contributed by atoms with Crippen LogP contribution in [0.4, 0.5) is 0 Å². The van der Waals surface area contributed by atoms with Gasteiger partial charge in [0.1, 0.15) is 0 Å². The molecule has 3 atom stereocenters. The second-order valence-corrected chi connectivity index (χ2v) is 6.41. The van der Waals surface area contributed by atoms with Crippen molar-refractivity contribution in [1.82, 2.24) is 0 Å². The Hall–Kier alpha value is 2.23. The van der Waals surface area contributed by atoms with Crippen molar-refractivity contribution in [2.45, 2.75) is 17.5 Å². The summed E-state index contributed by atoms with van der Waals surface area (Å²) < 4.78 is 28.4. The molecule has 0 fully saturated rings. The van der Waals surface area contributed by atoms with E-state index in [1.54, 1.807) is 0 Å². The van der Waals surface area contributed by atoms with Crippen molar-refractivity contribution in [2.24, 2.45) is 0 Å². The van der Waals surface area contributed by atoms with Crippen molar-refractivity contribution in [3.05, 3.63) is 0 Å². The second kappa shape index (κ2) is 14.2. The van der Waals surface area contributed by atoms with Gasteiger partial charge in [0.2, 0.25) is 0 Å². The van der Waals surface area contributed by atoms with Gasteiger partial charge in [-0.25, -0.2) is 0 Å². The van der Waals surface area contributed by atoms with E-state index >= 15 is 0 Å². The molecule has 1 unspecified atom stereocenters. The predicted octanol–water partition coefficient (Wildman–Crippen LogP) is -3.21. The van der Waals surface area contributed by atoms with Crippen LogP contribution in [0.25, 0.3) is 0 Å². The third-order valence-corrected chi connectivity index (χ3v) is 4.34. The van der Waals surface area contributed by atoms with E-state index < -0.39 is 22.3 Å². The Morgan fingerprint density at radius 2 is 1.33 bits per heavy atom. The van der Waals surface area contributed by atoms with Gasteiger partial charge in [0, 0.05) is 22.5 Å². The average molecular weight is 367 g/mol. The molecule has 5 nitrogen and oxygen atoms in total. The smallest absolute Gasteiger partial charge is 1.00 e. The molecule has 0 aliphatic carbocycles. The van der Waals surface area contributed by atoms with Gasteiger partial charge in [-0.1, -0.05) is 0 Å². The van der Waals surface area contributed by atoms with Crippen molar-refractivity contribution >= 4 is 60.6 Å². The van der Waals surface area contributed by atoms with Crippen molar-refractivity contribution in [2.75, 3.05) is 23.0 Å². The minimum atomic E-state index is -3.86. The van der Waals surface area contributed by atoms with Crippen molar-refractivity contribution in [1.29, 1.82) is 0 Å². The average Bonchev–Trinajstić information content (AvgIpc) is 2.25. The monoisotopic (exact) mass is 366 g/mol. The van der Waals surface area contributed by atoms with E-state index in [0.717, 1.165) is 0 Å². The fraction of sp³-hybridized carbons (Fsp3) is 1.00. The molecular formula is C7H19NaO5S5. The molecule has 0 aromatic heterocycles. The zero-order chi connectivity index (χ0) is 14.1. The van der Waals surface area contributed by atoms with E-state index in [1.807, 2.05) is 0 Å². The zero-order valence-corrected chi connectivity index (χ0v) is 16.3. The van der Waals surface area contributed by atoms with Crippen molar-refractivity contribution in [3.8, 4) is 0 Å². The summed E-state index contributed by atoms with van der Waals surface area (Å²) in [6.45, 7) is 0. The van der Waals surface area contributed by atoms with E-state index in [0.29, 0.717) is 5.75 Å². The maximum Gasteiger partial charge on any atom is 1.00 e. The molecule has 0 aliphatic rings. The third-order valence-electron chi connectivity index (χ3n) is 1.43. The summed E-state index contributed by atoms with van der Waals surface area (Å²) in [5, 5.41) is 17.1. The molecular weight excluding hydrogens is 347 g/mol. The predicted molar refractivity (Wildman–Crippen MR) is 83.9 cm³/mol. The van der Waals surface area contributed by atoms with Crippen LogP contribution in [0.3, 0.4) is 0 Å². The zero-order valence-electron chi connectivity index (χ0n) is 10.9. The van der Waals surface area contributed by atoms with E-state index in [9.17, 15) is 8.42 Å². The van der Waals surface area contributed by atoms with Crippen LogP contribution in [-0.2, 0) is 10.1 Å². The van der Waals surface area contributed by atoms with E-state index in [1.165, 1.54) is 0 Å². The SMILES string of the molecule is O=S(=O)(O)CC(S)CS.O[C@H](CS)[C@H](O)CS.[H-].[Na+]. The molecule has 0 spiro atoms. The summed E-state index contributed by atoms with van der Waals surface area (Å²) in [7, 11) is -3.86. The van der Waals surface area contributed by atoms with Crippen molar-refractivity contribution < 1.29 is 54.2 Å². The molecule has 0 bridgehead atoms. The minimum absolute atomic E-state index is 0. The largest absolute Gasteiger partial charge is 1.00 e. The standard InChI is InChI=1S/C4H10O2S2.C3H8O3S3.Na.H/c5-3(1-7)4(6)2-8;4-9(5,6)2-3(8)1-7;;/h3-8H,1-2H2;3,7-8H,1-2H2,(H,4,5,6);;/q;;+1;-1/t3-,4-;;;/m1.../s1. The Bertz CT molecular complexity index is 273. The van der Waals surface area contributed by atoms with Gasteiger partial charge in [0.25, 0.3) is 10.1 Å². The molecule has 0 aliphatic heterocycles. The first-order valence-electron chi connectivity index (χ1n) is 4.49. The van der Waals surface area contributed by atoms with E-state index in [2.05, 4.69) is 50.5 Å². The molecule has 108 valence electrons. The minimum Gasteiger partial charge on any atom is -1.00 e. The van der Waals surface area contributed by atoms with Crippen LogP contribution >= 0.6 is 50.5 Å². The number of aliphatic hydroxyl groups excluding tert-OH is 2. The molecule has 18 heavy (non-hydrogen) atoms. The molecule has 0 saturated heterocycles. The molecule has 3 N–H and O–H groups in total. The van der Waals surface area contributed by atoms with Crippen LogP contribution < -0.4 is 29.6 Å². The van der Waals surface area contributed by atoms with Crippen molar-refractivity contribution in [3.63, 3.8) is 0 Å². The number of rotatable bonds is 6. The van der Waals surface area contributed by atoms with Gasteiger partial charge >= 0.3 is 29.6 Å². The van der Waals surface area contributed by atoms with E-state index in [-0.39, 0.29) is 53.5 Å². The fourth-order valence-electron chi connectivity index (χ4n) is 0.539. The summed E-state index contributed by atoms with van der Waals surface area (Å²) in [4.78, 5) is 0. The van der Waals surface area contributed by atoms with Gasteiger partial charge in [-0.05, 0) is 0 Å². The maximum atomic E-state index is 10.1. The van der Waals surface area contributed by atoms with Crippen LogP contribution in [0.2, 0.25) is 0 Å². The number of thiol groups is 4. The van der Waals surface area contributed by atoms with Gasteiger partial charge in [-0.15, -0.1) is 0 Å². The molecule has 0 aromatic rings. The van der Waals surface area contributed by atoms with Crippen LogP contribution in [0.15, 0.2) is 0 Å². The van der Waals surface area contributed by atoms with Crippen LogP contribution in [0, 0.1) is 0 Å². The Labute approximate surface area is 154 Å². The summed E-state index contributed by atoms with van der Waals surface area (Å²) in [6.07, 6.45) is -1.48. The van der Waals surface area contributed by atoms with Gasteiger partial charge in [-0.2, -0.15) is 58.9 Å². The molecule has 0 radical (unpaired) electrons. The first-order valence-corrected chi connectivity index (χ1v) is 8.52. The van der Waals surface area contributed by atoms with Crippen LogP contribution in [0.1, 0.15) is 1.43 Å². The molecule has 0 heterocycles. The van der Waals surface area contributed by atoms with Gasteiger partial charge < -0.3 is 11.6 Å². The number of hydrogen-bond acceptors (Lipinski definition) is 8. The summed E-state index contributed by atoms with van der Waals surface area (Å²) in [5.41, 5.74) is 0. The topological polar surface area (TPSA) is 94.8 Å². The van der Waals surface area contributed by atoms with Crippen LogP contribution in [-0.4, -0.2) is 63.7 Å². The van der Waals surface area contributed by atoms with Crippen LogP contribution in [0.5, 0.6) is 0 Å². The Balaban J connectivity index is -0.000000108. The molecule has 11 heteroatoms. The first kappa shape index (κ1) is 25.2. The normalized spacial score (nSPS) is 15.7. The second-order valence-electron chi connectivity index (χ2n) is 3.08. The summed E-state index contributed by atoms with van der Waals surface area (Å²) >= 11 is 15.1. The Kier molecular flexibility index (Phi) is 19.9.